The zero-order valence-corrected chi connectivity index (χ0v) is 9.96. The molecule has 1 aromatic carbocycles. The van der Waals surface area contributed by atoms with Crippen LogP contribution in [0.5, 0.6) is 0 Å². The predicted molar refractivity (Wildman–Crippen MR) is 64.0 cm³/mol. The van der Waals surface area contributed by atoms with Crippen molar-refractivity contribution in [3.05, 3.63) is 34.9 Å². The van der Waals surface area contributed by atoms with Gasteiger partial charge in [0.25, 0.3) is 0 Å². The van der Waals surface area contributed by atoms with Gasteiger partial charge in [-0.15, -0.1) is 0 Å². The number of hydrogen-bond donors (Lipinski definition) is 2. The van der Waals surface area contributed by atoms with Gasteiger partial charge in [-0.05, 0) is 24.5 Å². The van der Waals surface area contributed by atoms with E-state index in [1.54, 1.807) is 0 Å². The van der Waals surface area contributed by atoms with E-state index < -0.39 is 0 Å². The van der Waals surface area contributed by atoms with Gasteiger partial charge in [-0.25, -0.2) is 0 Å². The SMILES string of the molecule is CC(CO)C(C)NCc1ccccc1Cl. The molecule has 0 aliphatic carbocycles. The van der Waals surface area contributed by atoms with Gasteiger partial charge in [0.2, 0.25) is 0 Å². The van der Waals surface area contributed by atoms with Crippen LogP contribution in [0.1, 0.15) is 19.4 Å². The summed E-state index contributed by atoms with van der Waals surface area (Å²) in [4.78, 5) is 0. The summed E-state index contributed by atoms with van der Waals surface area (Å²) in [5.74, 6) is 0.257. The molecule has 84 valence electrons. The smallest absolute Gasteiger partial charge is 0.0471 e. The monoisotopic (exact) mass is 227 g/mol. The molecule has 15 heavy (non-hydrogen) atoms. The van der Waals surface area contributed by atoms with Crippen LogP contribution in [0, 0.1) is 5.92 Å². The van der Waals surface area contributed by atoms with E-state index in [-0.39, 0.29) is 18.6 Å². The van der Waals surface area contributed by atoms with Crippen LogP contribution in [-0.4, -0.2) is 17.8 Å². The van der Waals surface area contributed by atoms with Crippen molar-refractivity contribution in [1.82, 2.24) is 5.32 Å². The third-order valence-electron chi connectivity index (χ3n) is 2.71. The van der Waals surface area contributed by atoms with Crippen molar-refractivity contribution in [2.24, 2.45) is 5.92 Å². The molecular weight excluding hydrogens is 210 g/mol. The average Bonchev–Trinajstić information content (AvgIpc) is 2.26. The van der Waals surface area contributed by atoms with Gasteiger partial charge < -0.3 is 10.4 Å². The molecule has 2 N–H and O–H groups in total. The third kappa shape index (κ3) is 3.82. The van der Waals surface area contributed by atoms with Crippen molar-refractivity contribution in [1.29, 1.82) is 0 Å². The van der Waals surface area contributed by atoms with Gasteiger partial charge in [0.1, 0.15) is 0 Å². The number of hydrogen-bond acceptors (Lipinski definition) is 2. The second-order valence-electron chi connectivity index (χ2n) is 3.92. The number of rotatable bonds is 5. The highest BCUT2D eigenvalue weighted by atomic mass is 35.5. The molecule has 2 nitrogen and oxygen atoms in total. The van der Waals surface area contributed by atoms with Crippen LogP contribution in [0.15, 0.2) is 24.3 Å². The molecule has 2 unspecified atom stereocenters. The Morgan fingerprint density at radius 1 is 1.33 bits per heavy atom. The summed E-state index contributed by atoms with van der Waals surface area (Å²) in [6.45, 7) is 5.03. The van der Waals surface area contributed by atoms with Crippen LogP contribution in [0.25, 0.3) is 0 Å². The maximum Gasteiger partial charge on any atom is 0.0471 e. The van der Waals surface area contributed by atoms with E-state index >= 15 is 0 Å². The molecule has 0 aliphatic rings. The van der Waals surface area contributed by atoms with E-state index in [1.807, 2.05) is 31.2 Å². The first-order valence-electron chi connectivity index (χ1n) is 5.22. The van der Waals surface area contributed by atoms with Gasteiger partial charge in [0.05, 0.1) is 0 Å². The molecule has 0 saturated heterocycles. The number of aliphatic hydroxyl groups is 1. The molecule has 0 radical (unpaired) electrons. The maximum atomic E-state index is 8.99. The molecule has 0 saturated carbocycles. The first-order chi connectivity index (χ1) is 7.15. The first kappa shape index (κ1) is 12.5. The highest BCUT2D eigenvalue weighted by Crippen LogP contribution is 2.15. The highest BCUT2D eigenvalue weighted by molar-refractivity contribution is 6.31. The van der Waals surface area contributed by atoms with Crippen molar-refractivity contribution in [3.8, 4) is 0 Å². The molecule has 0 heterocycles. The van der Waals surface area contributed by atoms with Gasteiger partial charge in [0, 0.05) is 24.2 Å². The van der Waals surface area contributed by atoms with Gasteiger partial charge in [-0.2, -0.15) is 0 Å². The fraction of sp³-hybridized carbons (Fsp3) is 0.500. The lowest BCUT2D eigenvalue weighted by Crippen LogP contribution is -2.33. The van der Waals surface area contributed by atoms with Crippen LogP contribution in [0.3, 0.4) is 0 Å². The molecule has 1 aromatic rings. The summed E-state index contributed by atoms with van der Waals surface area (Å²) in [7, 11) is 0. The second kappa shape index (κ2) is 6.11. The molecule has 2 atom stereocenters. The van der Waals surface area contributed by atoms with E-state index in [0.717, 1.165) is 17.1 Å². The van der Waals surface area contributed by atoms with Crippen molar-refractivity contribution >= 4 is 11.6 Å². The Morgan fingerprint density at radius 2 is 2.00 bits per heavy atom. The minimum atomic E-state index is 0.205. The normalized spacial score (nSPS) is 14.9. The number of aliphatic hydroxyl groups excluding tert-OH is 1. The molecule has 0 amide bonds. The number of nitrogens with one attached hydrogen (secondary N) is 1. The zero-order valence-electron chi connectivity index (χ0n) is 9.20. The fourth-order valence-corrected chi connectivity index (χ4v) is 1.47. The van der Waals surface area contributed by atoms with Crippen molar-refractivity contribution < 1.29 is 5.11 Å². The lowest BCUT2D eigenvalue weighted by Gasteiger charge is -2.19. The van der Waals surface area contributed by atoms with E-state index in [4.69, 9.17) is 16.7 Å². The number of benzene rings is 1. The molecule has 0 aliphatic heterocycles. The van der Waals surface area contributed by atoms with E-state index in [1.165, 1.54) is 0 Å². The Hall–Kier alpha value is -0.570. The van der Waals surface area contributed by atoms with Gasteiger partial charge >= 0.3 is 0 Å². The Kier molecular flexibility index (Phi) is 5.09. The molecule has 0 fully saturated rings. The van der Waals surface area contributed by atoms with Crippen LogP contribution >= 0.6 is 11.6 Å². The molecule has 0 bridgehead atoms. The minimum Gasteiger partial charge on any atom is -0.396 e. The van der Waals surface area contributed by atoms with Crippen LogP contribution in [0.4, 0.5) is 0 Å². The first-order valence-corrected chi connectivity index (χ1v) is 5.60. The van der Waals surface area contributed by atoms with E-state index in [0.29, 0.717) is 0 Å². The lowest BCUT2D eigenvalue weighted by molar-refractivity contribution is 0.207. The molecule has 1 rings (SSSR count). The van der Waals surface area contributed by atoms with Gasteiger partial charge in [-0.3, -0.25) is 0 Å². The van der Waals surface area contributed by atoms with Crippen molar-refractivity contribution in [2.75, 3.05) is 6.61 Å². The van der Waals surface area contributed by atoms with Crippen molar-refractivity contribution in [3.63, 3.8) is 0 Å². The summed E-state index contributed by atoms with van der Waals surface area (Å²) >= 11 is 6.03. The summed E-state index contributed by atoms with van der Waals surface area (Å²) in [5.41, 5.74) is 1.09. The predicted octanol–water partition coefficient (Wildman–Crippen LogP) is 2.45. The minimum absolute atomic E-state index is 0.205. The average molecular weight is 228 g/mol. The zero-order chi connectivity index (χ0) is 11.3. The summed E-state index contributed by atoms with van der Waals surface area (Å²) < 4.78 is 0. The Labute approximate surface area is 96.3 Å². The van der Waals surface area contributed by atoms with Gasteiger partial charge in [-0.1, -0.05) is 36.7 Å². The largest absolute Gasteiger partial charge is 0.396 e. The summed E-state index contributed by atoms with van der Waals surface area (Å²) in [6.07, 6.45) is 0. The Morgan fingerprint density at radius 3 is 2.60 bits per heavy atom. The van der Waals surface area contributed by atoms with E-state index in [9.17, 15) is 0 Å². The standard InChI is InChI=1S/C12H18ClNO/c1-9(8-15)10(2)14-7-11-5-3-4-6-12(11)13/h3-6,9-10,14-15H,7-8H2,1-2H3. The number of halogens is 1. The quantitative estimate of drug-likeness (QED) is 0.810. The Bertz CT molecular complexity index is 303. The van der Waals surface area contributed by atoms with Crippen LogP contribution < -0.4 is 5.32 Å². The third-order valence-corrected chi connectivity index (χ3v) is 3.08. The van der Waals surface area contributed by atoms with Crippen LogP contribution in [0.2, 0.25) is 5.02 Å². The lowest BCUT2D eigenvalue weighted by atomic mass is 10.0. The summed E-state index contributed by atoms with van der Waals surface area (Å²) in [6, 6.07) is 8.07. The fourth-order valence-electron chi connectivity index (χ4n) is 1.27. The Balaban J connectivity index is 2.47. The van der Waals surface area contributed by atoms with E-state index in [2.05, 4.69) is 12.2 Å². The van der Waals surface area contributed by atoms with Crippen LogP contribution in [-0.2, 0) is 6.54 Å². The summed E-state index contributed by atoms with van der Waals surface area (Å²) in [5, 5.41) is 13.1. The maximum absolute atomic E-state index is 8.99. The molecule has 0 aromatic heterocycles. The van der Waals surface area contributed by atoms with Gasteiger partial charge in [0.15, 0.2) is 0 Å². The molecular formula is C12H18ClNO. The molecule has 3 heteroatoms. The second-order valence-corrected chi connectivity index (χ2v) is 4.33. The van der Waals surface area contributed by atoms with Crippen molar-refractivity contribution in [2.45, 2.75) is 26.4 Å². The molecule has 0 spiro atoms. The topological polar surface area (TPSA) is 32.3 Å². The highest BCUT2D eigenvalue weighted by Gasteiger charge is 2.10.